The number of carbonyl (C=O) groups excluding carboxylic acids is 2. The van der Waals surface area contributed by atoms with Gasteiger partial charge in [-0.3, -0.25) is 9.59 Å². The van der Waals surface area contributed by atoms with E-state index in [0.717, 1.165) is 31.8 Å². The van der Waals surface area contributed by atoms with Crippen LogP contribution in [-0.2, 0) is 9.59 Å². The molecule has 0 atom stereocenters. The Morgan fingerprint density at radius 1 is 1.00 bits per heavy atom. The summed E-state index contributed by atoms with van der Waals surface area (Å²) in [4.78, 5) is 23.1. The Labute approximate surface area is 134 Å². The highest BCUT2D eigenvalue weighted by molar-refractivity contribution is 5.85. The van der Waals surface area contributed by atoms with Crippen LogP contribution in [0.3, 0.4) is 0 Å². The summed E-state index contributed by atoms with van der Waals surface area (Å²) in [6, 6.07) is 0. The van der Waals surface area contributed by atoms with Crippen molar-refractivity contribution in [2.75, 3.05) is 26.2 Å². The molecule has 0 unspecified atom stereocenters. The number of hydrogen-bond acceptors (Lipinski definition) is 3. The van der Waals surface area contributed by atoms with Gasteiger partial charge in [0.15, 0.2) is 0 Å². The number of halogens is 1. The summed E-state index contributed by atoms with van der Waals surface area (Å²) in [6.45, 7) is 4.55. The van der Waals surface area contributed by atoms with Crippen molar-refractivity contribution in [3.05, 3.63) is 0 Å². The molecule has 3 N–H and O–H groups in total. The van der Waals surface area contributed by atoms with Gasteiger partial charge in [0.1, 0.15) is 0 Å². The molecule has 124 valence electrons. The van der Waals surface area contributed by atoms with Crippen LogP contribution in [0.4, 0.5) is 0 Å². The van der Waals surface area contributed by atoms with Crippen molar-refractivity contribution in [1.82, 2.24) is 16.0 Å². The van der Waals surface area contributed by atoms with E-state index in [1.807, 2.05) is 0 Å². The second kappa shape index (κ2) is 12.9. The third-order valence-electron chi connectivity index (χ3n) is 3.75. The van der Waals surface area contributed by atoms with E-state index in [1.165, 1.54) is 25.7 Å². The smallest absolute Gasteiger partial charge is 0.239 e. The molecule has 1 fully saturated rings. The van der Waals surface area contributed by atoms with Crippen molar-refractivity contribution in [3.63, 3.8) is 0 Å². The highest BCUT2D eigenvalue weighted by atomic mass is 35.5. The first-order valence-electron chi connectivity index (χ1n) is 7.96. The Morgan fingerprint density at radius 3 is 2.38 bits per heavy atom. The summed E-state index contributed by atoms with van der Waals surface area (Å²) in [7, 11) is 0. The SMILES string of the molecule is CCCNCCNC(=O)CNC(=O)CCC1CCCC1.Cl. The molecular weight excluding hydrogens is 290 g/mol. The molecule has 0 aromatic rings. The fourth-order valence-electron chi connectivity index (χ4n) is 2.56. The number of nitrogens with one attached hydrogen (secondary N) is 3. The Bertz CT molecular complexity index is 295. The van der Waals surface area contributed by atoms with Gasteiger partial charge in [0.2, 0.25) is 11.8 Å². The fraction of sp³-hybridized carbons (Fsp3) is 0.867. The van der Waals surface area contributed by atoms with Crippen molar-refractivity contribution in [3.8, 4) is 0 Å². The minimum absolute atomic E-state index is 0. The number of carbonyl (C=O) groups is 2. The van der Waals surface area contributed by atoms with Crippen LogP contribution < -0.4 is 16.0 Å². The zero-order chi connectivity index (χ0) is 14.6. The van der Waals surface area contributed by atoms with Crippen LogP contribution >= 0.6 is 12.4 Å². The molecule has 6 heteroatoms. The van der Waals surface area contributed by atoms with Crippen molar-refractivity contribution in [2.45, 2.75) is 51.9 Å². The van der Waals surface area contributed by atoms with Crippen molar-refractivity contribution in [1.29, 1.82) is 0 Å². The maximum atomic E-state index is 11.6. The van der Waals surface area contributed by atoms with Crippen LogP contribution in [0.25, 0.3) is 0 Å². The molecule has 1 rings (SSSR count). The van der Waals surface area contributed by atoms with E-state index in [-0.39, 0.29) is 30.8 Å². The quantitative estimate of drug-likeness (QED) is 0.536. The molecule has 21 heavy (non-hydrogen) atoms. The van der Waals surface area contributed by atoms with Crippen LogP contribution in [0.15, 0.2) is 0 Å². The lowest BCUT2D eigenvalue weighted by Gasteiger charge is -2.09. The molecule has 0 heterocycles. The summed E-state index contributed by atoms with van der Waals surface area (Å²) < 4.78 is 0. The maximum Gasteiger partial charge on any atom is 0.239 e. The zero-order valence-corrected chi connectivity index (χ0v) is 13.9. The van der Waals surface area contributed by atoms with Crippen LogP contribution in [0, 0.1) is 5.92 Å². The number of hydrogen-bond donors (Lipinski definition) is 3. The predicted octanol–water partition coefficient (Wildman–Crippen LogP) is 1.61. The second-order valence-electron chi connectivity index (χ2n) is 5.57. The summed E-state index contributed by atoms with van der Waals surface area (Å²) in [5.41, 5.74) is 0. The molecule has 0 spiro atoms. The molecule has 2 amide bonds. The van der Waals surface area contributed by atoms with Crippen molar-refractivity contribution in [2.24, 2.45) is 5.92 Å². The Kier molecular flexibility index (Phi) is 12.4. The summed E-state index contributed by atoms with van der Waals surface area (Å²) >= 11 is 0. The van der Waals surface area contributed by atoms with E-state index in [1.54, 1.807) is 0 Å². The first kappa shape index (κ1) is 20.2. The van der Waals surface area contributed by atoms with Crippen LogP contribution in [0.1, 0.15) is 51.9 Å². The number of amides is 2. The average Bonchev–Trinajstić information content (AvgIpc) is 2.96. The second-order valence-corrected chi connectivity index (χ2v) is 5.57. The van der Waals surface area contributed by atoms with Gasteiger partial charge in [-0.1, -0.05) is 32.6 Å². The lowest BCUT2D eigenvalue weighted by Crippen LogP contribution is -2.39. The van der Waals surface area contributed by atoms with Crippen molar-refractivity contribution >= 4 is 24.2 Å². The van der Waals surface area contributed by atoms with Gasteiger partial charge in [0.05, 0.1) is 6.54 Å². The normalized spacial score (nSPS) is 14.5. The lowest BCUT2D eigenvalue weighted by molar-refractivity contribution is -0.126. The molecule has 1 aliphatic carbocycles. The predicted molar refractivity (Wildman–Crippen MR) is 87.6 cm³/mol. The van der Waals surface area contributed by atoms with E-state index in [2.05, 4.69) is 22.9 Å². The zero-order valence-electron chi connectivity index (χ0n) is 13.1. The van der Waals surface area contributed by atoms with E-state index in [0.29, 0.717) is 13.0 Å². The van der Waals surface area contributed by atoms with Gasteiger partial charge in [-0.25, -0.2) is 0 Å². The van der Waals surface area contributed by atoms with Crippen molar-refractivity contribution < 1.29 is 9.59 Å². The number of rotatable bonds is 10. The summed E-state index contributed by atoms with van der Waals surface area (Å²) in [5.74, 6) is 0.605. The van der Waals surface area contributed by atoms with Gasteiger partial charge in [-0.15, -0.1) is 12.4 Å². The third-order valence-corrected chi connectivity index (χ3v) is 3.75. The molecule has 0 aromatic carbocycles. The van der Waals surface area contributed by atoms with Gasteiger partial charge in [0.25, 0.3) is 0 Å². The average molecular weight is 320 g/mol. The minimum atomic E-state index is -0.113. The summed E-state index contributed by atoms with van der Waals surface area (Å²) in [6.07, 6.45) is 7.74. The topological polar surface area (TPSA) is 70.2 Å². The highest BCUT2D eigenvalue weighted by Gasteiger charge is 2.16. The standard InChI is InChI=1S/C15H29N3O2.ClH/c1-2-9-16-10-11-17-15(20)12-18-14(19)8-7-13-5-3-4-6-13;/h13,16H,2-12H2,1H3,(H,17,20)(H,18,19);1H. The van der Waals surface area contributed by atoms with Gasteiger partial charge >= 0.3 is 0 Å². The molecule has 0 saturated heterocycles. The maximum absolute atomic E-state index is 11.6. The molecular formula is C15H30ClN3O2. The fourth-order valence-corrected chi connectivity index (χ4v) is 2.56. The molecule has 0 aliphatic heterocycles. The van der Waals surface area contributed by atoms with Gasteiger partial charge < -0.3 is 16.0 Å². The Hall–Kier alpha value is -0.810. The first-order chi connectivity index (χ1) is 9.72. The van der Waals surface area contributed by atoms with Gasteiger partial charge in [0, 0.05) is 19.5 Å². The van der Waals surface area contributed by atoms with Gasteiger partial charge in [-0.2, -0.15) is 0 Å². The lowest BCUT2D eigenvalue weighted by atomic mass is 10.0. The first-order valence-corrected chi connectivity index (χ1v) is 7.96. The minimum Gasteiger partial charge on any atom is -0.353 e. The van der Waals surface area contributed by atoms with Gasteiger partial charge in [-0.05, 0) is 25.3 Å². The summed E-state index contributed by atoms with van der Waals surface area (Å²) in [5, 5.41) is 8.67. The molecule has 0 aromatic heterocycles. The monoisotopic (exact) mass is 319 g/mol. The van der Waals surface area contributed by atoms with E-state index in [9.17, 15) is 9.59 Å². The van der Waals surface area contributed by atoms with E-state index < -0.39 is 0 Å². The molecule has 1 aliphatic rings. The van der Waals surface area contributed by atoms with Crippen LogP contribution in [0.2, 0.25) is 0 Å². The largest absolute Gasteiger partial charge is 0.353 e. The van der Waals surface area contributed by atoms with E-state index in [4.69, 9.17) is 0 Å². The Morgan fingerprint density at radius 2 is 1.71 bits per heavy atom. The Balaban J connectivity index is 0.00000400. The van der Waals surface area contributed by atoms with Crippen LogP contribution in [-0.4, -0.2) is 38.0 Å². The third kappa shape index (κ3) is 10.5. The molecule has 1 saturated carbocycles. The molecule has 5 nitrogen and oxygen atoms in total. The molecule has 0 bridgehead atoms. The highest BCUT2D eigenvalue weighted by Crippen LogP contribution is 2.28. The van der Waals surface area contributed by atoms with E-state index >= 15 is 0 Å². The van der Waals surface area contributed by atoms with Crippen LogP contribution in [0.5, 0.6) is 0 Å². The molecule has 0 radical (unpaired) electrons.